The van der Waals surface area contributed by atoms with Crippen LogP contribution >= 0.6 is 15.9 Å². The van der Waals surface area contributed by atoms with Crippen LogP contribution in [0.2, 0.25) is 0 Å². The molecule has 0 saturated heterocycles. The van der Waals surface area contributed by atoms with Gasteiger partial charge in [0.15, 0.2) is 6.29 Å². The number of rotatable bonds is 2. The van der Waals surface area contributed by atoms with Gasteiger partial charge in [0.2, 0.25) is 4.60 Å². The van der Waals surface area contributed by atoms with E-state index in [4.69, 9.17) is 0 Å². The average molecular weight is 231 g/mol. The number of halogens is 1. The summed E-state index contributed by atoms with van der Waals surface area (Å²) in [5.41, 5.74) is 0.292. The van der Waals surface area contributed by atoms with Crippen molar-refractivity contribution in [3.05, 3.63) is 32.4 Å². The summed E-state index contributed by atoms with van der Waals surface area (Å²) >= 11 is 2.93. The molecule has 0 bridgehead atoms. The van der Waals surface area contributed by atoms with Gasteiger partial charge in [0, 0.05) is 22.0 Å². The highest BCUT2D eigenvalue weighted by atomic mass is 79.9. The van der Waals surface area contributed by atoms with E-state index in [0.717, 1.165) is 0 Å². The molecule has 0 aromatic carbocycles. The largest absolute Gasteiger partial charge is 0.364 e. The van der Waals surface area contributed by atoms with Crippen molar-refractivity contribution in [3.63, 3.8) is 0 Å². The maximum absolute atomic E-state index is 10.3. The number of nitro groups is 1. The molecule has 12 heavy (non-hydrogen) atoms. The third-order valence-electron chi connectivity index (χ3n) is 1.18. The molecule has 0 saturated carbocycles. The summed E-state index contributed by atoms with van der Waals surface area (Å²) in [4.78, 5) is 23.4. The highest BCUT2D eigenvalue weighted by molar-refractivity contribution is 9.10. The van der Waals surface area contributed by atoms with Crippen LogP contribution in [0.4, 0.5) is 5.82 Å². The lowest BCUT2D eigenvalue weighted by molar-refractivity contribution is -0.389. The van der Waals surface area contributed by atoms with E-state index < -0.39 is 4.92 Å². The molecule has 0 atom stereocenters. The van der Waals surface area contributed by atoms with Crippen molar-refractivity contribution < 1.29 is 9.72 Å². The Balaban J connectivity index is 3.18. The lowest BCUT2D eigenvalue weighted by Gasteiger charge is -1.92. The highest BCUT2D eigenvalue weighted by Gasteiger charge is 2.11. The van der Waals surface area contributed by atoms with Crippen LogP contribution in [0.1, 0.15) is 10.4 Å². The van der Waals surface area contributed by atoms with E-state index in [2.05, 4.69) is 20.9 Å². The summed E-state index contributed by atoms with van der Waals surface area (Å²) in [6, 6.07) is 2.51. The van der Waals surface area contributed by atoms with E-state index in [0.29, 0.717) is 11.8 Å². The minimum absolute atomic E-state index is 0.187. The van der Waals surface area contributed by atoms with E-state index in [1.54, 1.807) is 0 Å². The molecule has 1 aromatic heterocycles. The van der Waals surface area contributed by atoms with Gasteiger partial charge in [0.25, 0.3) is 0 Å². The van der Waals surface area contributed by atoms with Gasteiger partial charge in [-0.15, -0.1) is 0 Å². The first-order valence-corrected chi connectivity index (χ1v) is 3.70. The van der Waals surface area contributed by atoms with Crippen LogP contribution in [0.3, 0.4) is 0 Å². The number of pyridine rings is 1. The zero-order valence-corrected chi connectivity index (χ0v) is 7.32. The average Bonchev–Trinajstić information content (AvgIpc) is 2.04. The Morgan fingerprint density at radius 1 is 1.58 bits per heavy atom. The number of carbonyl (C=O) groups excluding carboxylic acids is 1. The summed E-state index contributed by atoms with van der Waals surface area (Å²) in [5, 5.41) is 10.2. The fourth-order valence-corrected chi connectivity index (χ4v) is 1.03. The van der Waals surface area contributed by atoms with Crippen LogP contribution in [0.25, 0.3) is 0 Å². The zero-order valence-electron chi connectivity index (χ0n) is 5.73. The van der Waals surface area contributed by atoms with E-state index in [9.17, 15) is 14.9 Å². The number of carbonyl (C=O) groups is 1. The summed E-state index contributed by atoms with van der Waals surface area (Å²) in [7, 11) is 0. The Morgan fingerprint density at radius 2 is 2.25 bits per heavy atom. The summed E-state index contributed by atoms with van der Waals surface area (Å²) in [6.45, 7) is 0. The van der Waals surface area contributed by atoms with Gasteiger partial charge >= 0.3 is 5.82 Å². The maximum atomic E-state index is 10.3. The van der Waals surface area contributed by atoms with Crippen LogP contribution in [-0.4, -0.2) is 16.2 Å². The zero-order chi connectivity index (χ0) is 9.14. The van der Waals surface area contributed by atoms with Gasteiger partial charge < -0.3 is 10.1 Å². The first kappa shape index (κ1) is 8.79. The maximum Gasteiger partial charge on any atom is 0.364 e. The van der Waals surface area contributed by atoms with Crippen LogP contribution in [0.15, 0.2) is 16.7 Å². The predicted molar refractivity (Wildman–Crippen MR) is 44.0 cm³/mol. The van der Waals surface area contributed by atoms with E-state index in [1.165, 1.54) is 12.1 Å². The van der Waals surface area contributed by atoms with Gasteiger partial charge in [-0.3, -0.25) is 4.79 Å². The van der Waals surface area contributed by atoms with Crippen molar-refractivity contribution in [1.29, 1.82) is 0 Å². The highest BCUT2D eigenvalue weighted by Crippen LogP contribution is 2.16. The Hall–Kier alpha value is -1.30. The number of hydrogen-bond donors (Lipinski definition) is 0. The first-order chi connectivity index (χ1) is 5.65. The van der Waals surface area contributed by atoms with Crippen LogP contribution in [0, 0.1) is 10.1 Å². The van der Waals surface area contributed by atoms with E-state index in [1.807, 2.05) is 0 Å². The Bertz CT molecular complexity index is 340. The molecule has 0 N–H and O–H groups in total. The molecule has 6 heteroatoms. The molecule has 0 spiro atoms. The van der Waals surface area contributed by atoms with Crippen molar-refractivity contribution >= 4 is 28.0 Å². The molecule has 62 valence electrons. The molecule has 5 nitrogen and oxygen atoms in total. The molecule has 0 amide bonds. The molecular weight excluding hydrogens is 228 g/mol. The Kier molecular flexibility index (Phi) is 2.49. The van der Waals surface area contributed by atoms with Crippen molar-refractivity contribution in [2.75, 3.05) is 0 Å². The lowest BCUT2D eigenvalue weighted by Crippen LogP contribution is -1.94. The minimum atomic E-state index is -0.626. The van der Waals surface area contributed by atoms with Crippen molar-refractivity contribution in [2.45, 2.75) is 0 Å². The molecule has 0 aliphatic heterocycles. The van der Waals surface area contributed by atoms with Gasteiger partial charge in [-0.05, 0) is 16.0 Å². The minimum Gasteiger partial charge on any atom is -0.358 e. The number of hydrogen-bond acceptors (Lipinski definition) is 4. The first-order valence-electron chi connectivity index (χ1n) is 2.91. The molecule has 1 aromatic rings. The quantitative estimate of drug-likeness (QED) is 0.335. The Labute approximate surface area is 75.7 Å². The summed E-state index contributed by atoms with van der Waals surface area (Å²) < 4.78 is 0.187. The number of aldehydes is 1. The third kappa shape index (κ3) is 1.65. The van der Waals surface area contributed by atoms with Crippen LogP contribution < -0.4 is 0 Å². The fraction of sp³-hybridized carbons (Fsp3) is 0. The van der Waals surface area contributed by atoms with Crippen molar-refractivity contribution in [1.82, 2.24) is 4.98 Å². The summed E-state index contributed by atoms with van der Waals surface area (Å²) in [5.74, 6) is -0.285. The second-order valence-electron chi connectivity index (χ2n) is 1.92. The number of nitrogens with zero attached hydrogens (tertiary/aromatic N) is 2. The monoisotopic (exact) mass is 230 g/mol. The van der Waals surface area contributed by atoms with E-state index in [-0.39, 0.29) is 10.4 Å². The normalized spacial score (nSPS) is 9.42. The third-order valence-corrected chi connectivity index (χ3v) is 1.81. The van der Waals surface area contributed by atoms with Crippen molar-refractivity contribution in [3.8, 4) is 0 Å². The molecule has 0 unspecified atom stereocenters. The predicted octanol–water partition coefficient (Wildman–Crippen LogP) is 1.56. The van der Waals surface area contributed by atoms with Gasteiger partial charge in [-0.25, -0.2) is 0 Å². The van der Waals surface area contributed by atoms with Crippen LogP contribution in [0.5, 0.6) is 0 Å². The molecule has 1 rings (SSSR count). The number of aromatic nitrogens is 1. The molecular formula is C6H3BrN2O3. The molecule has 0 fully saturated rings. The van der Waals surface area contributed by atoms with Gasteiger partial charge in [-0.1, -0.05) is 0 Å². The van der Waals surface area contributed by atoms with Crippen LogP contribution in [-0.2, 0) is 0 Å². The molecule has 0 aliphatic carbocycles. The fourth-order valence-electron chi connectivity index (χ4n) is 0.625. The standard InChI is InChI=1S/C6H3BrN2O3/c7-6-4(3-10)1-2-5(8-6)9(11)12/h1-3H. The second kappa shape index (κ2) is 3.40. The van der Waals surface area contributed by atoms with E-state index >= 15 is 0 Å². The molecule has 1 heterocycles. The Morgan fingerprint density at radius 3 is 2.67 bits per heavy atom. The van der Waals surface area contributed by atoms with Gasteiger partial charge in [0.05, 0.1) is 5.56 Å². The molecule has 0 aliphatic rings. The van der Waals surface area contributed by atoms with Gasteiger partial charge in [0.1, 0.15) is 0 Å². The summed E-state index contributed by atoms with van der Waals surface area (Å²) in [6.07, 6.45) is 0.570. The van der Waals surface area contributed by atoms with Crippen molar-refractivity contribution in [2.24, 2.45) is 0 Å². The SMILES string of the molecule is O=Cc1ccc([N+](=O)[O-])nc1Br. The lowest BCUT2D eigenvalue weighted by atomic mass is 10.3. The topological polar surface area (TPSA) is 73.1 Å². The molecule has 0 radical (unpaired) electrons. The smallest absolute Gasteiger partial charge is 0.358 e. The second-order valence-corrected chi connectivity index (χ2v) is 2.68. The van der Waals surface area contributed by atoms with Gasteiger partial charge in [-0.2, -0.15) is 0 Å².